The van der Waals surface area contributed by atoms with Gasteiger partial charge in [-0.25, -0.2) is 17.5 Å². The molecule has 2 N–H and O–H groups in total. The molecule has 156 valence electrons. The summed E-state index contributed by atoms with van der Waals surface area (Å²) in [5.41, 5.74) is 1.04. The first-order valence-electron chi connectivity index (χ1n) is 8.77. The van der Waals surface area contributed by atoms with E-state index in [-0.39, 0.29) is 17.1 Å². The third-order valence-electron chi connectivity index (χ3n) is 4.21. The van der Waals surface area contributed by atoms with Crippen LogP contribution in [-0.4, -0.2) is 21.4 Å². The number of ether oxygens (including phenoxy) is 1. The lowest BCUT2D eigenvalue weighted by Crippen LogP contribution is -2.23. The number of carbonyl (C=O) groups excluding carboxylic acids is 1. The first-order chi connectivity index (χ1) is 14.3. The van der Waals surface area contributed by atoms with Crippen molar-refractivity contribution in [2.75, 3.05) is 12.4 Å². The Morgan fingerprint density at radius 3 is 2.47 bits per heavy atom. The van der Waals surface area contributed by atoms with Gasteiger partial charge in [-0.3, -0.25) is 4.79 Å². The van der Waals surface area contributed by atoms with Crippen LogP contribution in [0.5, 0.6) is 5.75 Å². The van der Waals surface area contributed by atoms with Crippen molar-refractivity contribution in [3.63, 3.8) is 0 Å². The molecule has 0 fully saturated rings. The van der Waals surface area contributed by atoms with Crippen molar-refractivity contribution in [2.45, 2.75) is 11.4 Å². The number of carbonyl (C=O) groups is 1. The molecule has 30 heavy (non-hydrogen) atoms. The number of halogens is 2. The average Bonchev–Trinajstić information content (AvgIpc) is 2.74. The van der Waals surface area contributed by atoms with E-state index in [2.05, 4.69) is 26.0 Å². The summed E-state index contributed by atoms with van der Waals surface area (Å²) in [6, 6.07) is 16.8. The minimum Gasteiger partial charge on any atom is -0.497 e. The van der Waals surface area contributed by atoms with Gasteiger partial charge in [-0.1, -0.05) is 34.1 Å². The van der Waals surface area contributed by atoms with Crippen molar-refractivity contribution in [1.29, 1.82) is 0 Å². The SMILES string of the molecule is COc1cccc(S(=O)(=O)NCc2ccc(C(=O)Nc3ccc(Br)cc3F)cc2)c1. The van der Waals surface area contributed by atoms with Crippen LogP contribution in [0.25, 0.3) is 0 Å². The summed E-state index contributed by atoms with van der Waals surface area (Å²) in [5, 5.41) is 2.50. The zero-order chi connectivity index (χ0) is 21.7. The normalized spacial score (nSPS) is 11.2. The van der Waals surface area contributed by atoms with Crippen molar-refractivity contribution in [3.05, 3.63) is 88.1 Å². The van der Waals surface area contributed by atoms with Crippen molar-refractivity contribution in [2.24, 2.45) is 0 Å². The summed E-state index contributed by atoms with van der Waals surface area (Å²) >= 11 is 3.16. The van der Waals surface area contributed by atoms with Gasteiger partial charge in [0.05, 0.1) is 17.7 Å². The van der Waals surface area contributed by atoms with Crippen LogP contribution in [0, 0.1) is 5.82 Å². The van der Waals surface area contributed by atoms with Crippen LogP contribution in [0.15, 0.2) is 76.1 Å². The third-order valence-corrected chi connectivity index (χ3v) is 6.11. The summed E-state index contributed by atoms with van der Waals surface area (Å²) in [5.74, 6) is -0.587. The van der Waals surface area contributed by atoms with E-state index in [0.29, 0.717) is 21.3 Å². The van der Waals surface area contributed by atoms with Crippen LogP contribution >= 0.6 is 15.9 Å². The van der Waals surface area contributed by atoms with Crippen LogP contribution in [-0.2, 0) is 16.6 Å². The van der Waals surface area contributed by atoms with E-state index in [4.69, 9.17) is 4.74 Å². The number of hydrogen-bond acceptors (Lipinski definition) is 4. The van der Waals surface area contributed by atoms with Crippen molar-refractivity contribution in [1.82, 2.24) is 4.72 Å². The molecule has 0 radical (unpaired) electrons. The molecule has 3 aromatic rings. The Bertz CT molecular complexity index is 1170. The van der Waals surface area contributed by atoms with Crippen LogP contribution in [0.4, 0.5) is 10.1 Å². The average molecular weight is 493 g/mol. The lowest BCUT2D eigenvalue weighted by Gasteiger charge is -2.09. The minimum absolute atomic E-state index is 0.0444. The fraction of sp³-hybridized carbons (Fsp3) is 0.0952. The van der Waals surface area contributed by atoms with E-state index in [1.807, 2.05) is 0 Å². The monoisotopic (exact) mass is 492 g/mol. The van der Waals surface area contributed by atoms with Crippen molar-refractivity contribution < 1.29 is 22.3 Å². The largest absolute Gasteiger partial charge is 0.497 e. The fourth-order valence-electron chi connectivity index (χ4n) is 2.59. The van der Waals surface area contributed by atoms with E-state index in [9.17, 15) is 17.6 Å². The quantitative estimate of drug-likeness (QED) is 0.514. The zero-order valence-electron chi connectivity index (χ0n) is 15.9. The van der Waals surface area contributed by atoms with Crippen LogP contribution < -0.4 is 14.8 Å². The molecule has 3 aromatic carbocycles. The highest BCUT2D eigenvalue weighted by atomic mass is 79.9. The Morgan fingerprint density at radius 1 is 1.07 bits per heavy atom. The Labute approximate surface area is 182 Å². The van der Waals surface area contributed by atoms with Gasteiger partial charge in [0.1, 0.15) is 11.6 Å². The second-order valence-corrected chi connectivity index (χ2v) is 8.96. The molecular formula is C21H18BrFN2O4S. The first-order valence-corrected chi connectivity index (χ1v) is 11.1. The molecule has 6 nitrogen and oxygen atoms in total. The maximum Gasteiger partial charge on any atom is 0.255 e. The van der Waals surface area contributed by atoms with Gasteiger partial charge in [0.2, 0.25) is 10.0 Å². The Kier molecular flexibility index (Phi) is 6.86. The van der Waals surface area contributed by atoms with Crippen LogP contribution in [0.2, 0.25) is 0 Å². The number of benzene rings is 3. The number of rotatable bonds is 7. The molecule has 3 rings (SSSR count). The maximum absolute atomic E-state index is 13.9. The molecule has 0 bridgehead atoms. The minimum atomic E-state index is -3.72. The van der Waals surface area contributed by atoms with Gasteiger partial charge < -0.3 is 10.1 Å². The number of sulfonamides is 1. The predicted molar refractivity (Wildman–Crippen MR) is 116 cm³/mol. The molecule has 0 saturated heterocycles. The van der Waals surface area contributed by atoms with Crippen LogP contribution in [0.1, 0.15) is 15.9 Å². The second kappa shape index (κ2) is 9.38. The van der Waals surface area contributed by atoms with E-state index in [1.165, 1.54) is 31.4 Å². The second-order valence-electron chi connectivity index (χ2n) is 6.28. The lowest BCUT2D eigenvalue weighted by atomic mass is 10.1. The number of hydrogen-bond donors (Lipinski definition) is 2. The van der Waals surface area contributed by atoms with Gasteiger partial charge in [-0.2, -0.15) is 0 Å². The summed E-state index contributed by atoms with van der Waals surface area (Å²) in [4.78, 5) is 12.4. The molecule has 9 heteroatoms. The molecule has 0 unspecified atom stereocenters. The summed E-state index contributed by atoms with van der Waals surface area (Å²) in [6.07, 6.45) is 0. The molecular weight excluding hydrogens is 475 g/mol. The maximum atomic E-state index is 13.9. The molecule has 0 aromatic heterocycles. The number of amides is 1. The molecule has 0 atom stereocenters. The highest BCUT2D eigenvalue weighted by Gasteiger charge is 2.15. The summed E-state index contributed by atoms with van der Waals surface area (Å²) in [7, 11) is -2.26. The first kappa shape index (κ1) is 21.9. The Hall–Kier alpha value is -2.75. The summed E-state index contributed by atoms with van der Waals surface area (Å²) < 4.78 is 46.9. The van der Waals surface area contributed by atoms with E-state index in [0.717, 1.165) is 0 Å². The highest BCUT2D eigenvalue weighted by molar-refractivity contribution is 9.10. The zero-order valence-corrected chi connectivity index (χ0v) is 18.3. The lowest BCUT2D eigenvalue weighted by molar-refractivity contribution is 0.102. The van der Waals surface area contributed by atoms with Gasteiger partial charge in [-0.15, -0.1) is 0 Å². The van der Waals surface area contributed by atoms with Crippen LogP contribution in [0.3, 0.4) is 0 Å². The standard InChI is InChI=1S/C21H18BrFN2O4S/c1-29-17-3-2-4-18(12-17)30(27,28)24-13-14-5-7-15(8-6-14)21(26)25-20-10-9-16(22)11-19(20)23/h2-12,24H,13H2,1H3,(H,25,26). The van der Waals surface area contributed by atoms with Gasteiger partial charge in [0, 0.05) is 22.6 Å². The Balaban J connectivity index is 1.64. The third kappa shape index (κ3) is 5.44. The molecule has 0 saturated carbocycles. The molecule has 0 aliphatic rings. The highest BCUT2D eigenvalue weighted by Crippen LogP contribution is 2.20. The number of nitrogens with one attached hydrogen (secondary N) is 2. The molecule has 0 aliphatic heterocycles. The fourth-order valence-corrected chi connectivity index (χ4v) is 3.97. The molecule has 1 amide bonds. The van der Waals surface area contributed by atoms with Crippen molar-refractivity contribution in [3.8, 4) is 5.75 Å². The van der Waals surface area contributed by atoms with Gasteiger partial charge in [-0.05, 0) is 48.0 Å². The van der Waals surface area contributed by atoms with Gasteiger partial charge in [0.15, 0.2) is 0 Å². The Morgan fingerprint density at radius 2 is 1.80 bits per heavy atom. The van der Waals surface area contributed by atoms with E-state index < -0.39 is 21.7 Å². The van der Waals surface area contributed by atoms with Gasteiger partial charge >= 0.3 is 0 Å². The van der Waals surface area contributed by atoms with Gasteiger partial charge in [0.25, 0.3) is 5.91 Å². The molecule has 0 spiro atoms. The smallest absolute Gasteiger partial charge is 0.255 e. The van der Waals surface area contributed by atoms with E-state index >= 15 is 0 Å². The summed E-state index contributed by atoms with van der Waals surface area (Å²) in [6.45, 7) is 0.0444. The topological polar surface area (TPSA) is 84.5 Å². The van der Waals surface area contributed by atoms with Crippen molar-refractivity contribution >= 4 is 37.5 Å². The molecule has 0 aliphatic carbocycles. The van der Waals surface area contributed by atoms with E-state index in [1.54, 1.807) is 42.5 Å². The number of anilines is 1. The number of methoxy groups -OCH3 is 1. The predicted octanol–water partition coefficient (Wildman–Crippen LogP) is 4.33. The molecule has 0 heterocycles.